The highest BCUT2D eigenvalue weighted by Gasteiger charge is 2.29. The van der Waals surface area contributed by atoms with Crippen LogP contribution in [0, 0.1) is 0 Å². The van der Waals surface area contributed by atoms with E-state index in [9.17, 15) is 13.2 Å². The number of anilines is 1. The largest absolute Gasteiger partial charge is 0.456 e. The first-order chi connectivity index (χ1) is 11.3. The Morgan fingerprint density at radius 2 is 2.00 bits per heavy atom. The number of aryl methyl sites for hydroxylation is 1. The maximum atomic E-state index is 12.7. The molecule has 0 fully saturated rings. The molecule has 1 aliphatic rings. The van der Waals surface area contributed by atoms with Gasteiger partial charge in [-0.25, -0.2) is 12.7 Å². The Kier molecular flexibility index (Phi) is 4.23. The molecule has 3 rings (SSSR count). The fourth-order valence-electron chi connectivity index (χ4n) is 2.76. The minimum absolute atomic E-state index is 0.180. The first-order valence-corrected chi connectivity index (χ1v) is 9.24. The third-order valence-corrected chi connectivity index (χ3v) is 6.01. The molecular formula is C17H20N2O4S. The molecule has 6 nitrogen and oxygen atoms in total. The molecular weight excluding hydrogens is 328 g/mol. The van der Waals surface area contributed by atoms with Crippen molar-refractivity contribution in [2.24, 2.45) is 0 Å². The fraction of sp³-hybridized carbons (Fsp3) is 0.353. The van der Waals surface area contributed by atoms with Crippen LogP contribution >= 0.6 is 0 Å². The fourth-order valence-corrected chi connectivity index (χ4v) is 3.68. The number of fused-ring (bicyclic) bond motifs is 1. The first-order valence-electron chi connectivity index (χ1n) is 7.80. The van der Waals surface area contributed by atoms with Crippen LogP contribution < -0.4 is 4.90 Å². The molecule has 0 spiro atoms. The van der Waals surface area contributed by atoms with Gasteiger partial charge in [0, 0.05) is 32.7 Å². The van der Waals surface area contributed by atoms with Crippen LogP contribution in [0.5, 0.6) is 0 Å². The van der Waals surface area contributed by atoms with Crippen LogP contribution in [-0.4, -0.2) is 39.3 Å². The summed E-state index contributed by atoms with van der Waals surface area (Å²) >= 11 is 0. The molecule has 1 aliphatic heterocycles. The Hall–Kier alpha value is -2.12. The summed E-state index contributed by atoms with van der Waals surface area (Å²) in [5.41, 5.74) is 1.60. The Morgan fingerprint density at radius 1 is 1.25 bits per heavy atom. The minimum atomic E-state index is -3.54. The van der Waals surface area contributed by atoms with E-state index in [1.54, 1.807) is 35.2 Å². The van der Waals surface area contributed by atoms with Gasteiger partial charge in [0.15, 0.2) is 5.76 Å². The van der Waals surface area contributed by atoms with Crippen molar-refractivity contribution in [3.8, 4) is 0 Å². The number of amides is 1. The monoisotopic (exact) mass is 348 g/mol. The lowest BCUT2D eigenvalue weighted by atomic mass is 10.2. The van der Waals surface area contributed by atoms with E-state index >= 15 is 0 Å². The lowest BCUT2D eigenvalue weighted by Gasteiger charge is -2.18. The number of hydrogen-bond donors (Lipinski definition) is 0. The maximum Gasteiger partial charge on any atom is 0.293 e. The number of sulfonamides is 1. The Balaban J connectivity index is 1.97. The van der Waals surface area contributed by atoms with Gasteiger partial charge in [0.25, 0.3) is 5.91 Å². The number of rotatable bonds is 4. The van der Waals surface area contributed by atoms with Crippen molar-refractivity contribution < 1.29 is 17.6 Å². The molecule has 2 heterocycles. The highest BCUT2D eigenvalue weighted by molar-refractivity contribution is 7.89. The van der Waals surface area contributed by atoms with Gasteiger partial charge in [-0.3, -0.25) is 4.79 Å². The zero-order chi connectivity index (χ0) is 17.5. The number of carbonyl (C=O) groups excluding carboxylic acids is 1. The normalized spacial score (nSPS) is 14.2. The summed E-state index contributed by atoms with van der Waals surface area (Å²) in [6.07, 6.45) is 1.42. The summed E-state index contributed by atoms with van der Waals surface area (Å²) in [5, 5.41) is 0. The first kappa shape index (κ1) is 16.7. The predicted molar refractivity (Wildman–Crippen MR) is 90.8 cm³/mol. The van der Waals surface area contributed by atoms with Crippen molar-refractivity contribution in [2.75, 3.05) is 25.5 Å². The van der Waals surface area contributed by atoms with E-state index in [4.69, 9.17) is 4.42 Å². The van der Waals surface area contributed by atoms with Crippen LogP contribution in [0.15, 0.2) is 39.6 Å². The molecule has 1 aromatic carbocycles. The lowest BCUT2D eigenvalue weighted by Crippen LogP contribution is -2.29. The number of hydrogen-bond acceptors (Lipinski definition) is 4. The van der Waals surface area contributed by atoms with Gasteiger partial charge < -0.3 is 9.32 Å². The second-order valence-corrected chi connectivity index (χ2v) is 8.06. The molecule has 0 saturated carbocycles. The van der Waals surface area contributed by atoms with E-state index in [-0.39, 0.29) is 16.6 Å². The number of nitrogens with zero attached hydrogens (tertiary/aromatic N) is 2. The standard InChI is InChI=1S/C17H20N2O4S/c1-4-13-6-8-16(23-13)17(20)19-10-9-12-5-7-14(11-15(12)19)24(21,22)18(2)3/h5-8,11H,4,9-10H2,1-3H3. The Morgan fingerprint density at radius 3 is 2.62 bits per heavy atom. The Bertz CT molecular complexity index is 884. The highest BCUT2D eigenvalue weighted by Crippen LogP contribution is 2.32. The van der Waals surface area contributed by atoms with Gasteiger partial charge in [-0.2, -0.15) is 0 Å². The molecule has 0 saturated heterocycles. The molecule has 24 heavy (non-hydrogen) atoms. The smallest absolute Gasteiger partial charge is 0.293 e. The van der Waals surface area contributed by atoms with E-state index in [1.807, 2.05) is 6.92 Å². The van der Waals surface area contributed by atoms with Crippen LogP contribution in [0.4, 0.5) is 5.69 Å². The predicted octanol–water partition coefficient (Wildman–Crippen LogP) is 2.30. The van der Waals surface area contributed by atoms with E-state index < -0.39 is 10.0 Å². The SMILES string of the molecule is CCc1ccc(C(=O)N2CCc3ccc(S(=O)(=O)N(C)C)cc32)o1. The third-order valence-electron chi connectivity index (χ3n) is 4.20. The topological polar surface area (TPSA) is 70.8 Å². The lowest BCUT2D eigenvalue weighted by molar-refractivity contribution is 0.0961. The molecule has 2 aromatic rings. The third kappa shape index (κ3) is 2.74. The van der Waals surface area contributed by atoms with Crippen LogP contribution in [0.1, 0.15) is 28.8 Å². The van der Waals surface area contributed by atoms with Crippen molar-refractivity contribution in [3.05, 3.63) is 47.4 Å². The molecule has 1 aromatic heterocycles. The number of furan rings is 1. The van der Waals surface area contributed by atoms with Gasteiger partial charge in [-0.15, -0.1) is 0 Å². The van der Waals surface area contributed by atoms with E-state index in [0.29, 0.717) is 18.7 Å². The molecule has 0 bridgehead atoms. The van der Waals surface area contributed by atoms with E-state index in [0.717, 1.165) is 22.0 Å². The molecule has 0 radical (unpaired) electrons. The van der Waals surface area contributed by atoms with Crippen molar-refractivity contribution in [1.29, 1.82) is 0 Å². The second kappa shape index (κ2) is 6.07. The average molecular weight is 348 g/mol. The van der Waals surface area contributed by atoms with Crippen molar-refractivity contribution in [3.63, 3.8) is 0 Å². The van der Waals surface area contributed by atoms with E-state index in [2.05, 4.69) is 0 Å². The van der Waals surface area contributed by atoms with Gasteiger partial charge in [0.1, 0.15) is 5.76 Å². The van der Waals surface area contributed by atoms with Gasteiger partial charge >= 0.3 is 0 Å². The molecule has 128 valence electrons. The van der Waals surface area contributed by atoms with Crippen molar-refractivity contribution in [1.82, 2.24) is 4.31 Å². The van der Waals surface area contributed by atoms with Crippen molar-refractivity contribution in [2.45, 2.75) is 24.7 Å². The zero-order valence-corrected chi connectivity index (χ0v) is 14.8. The van der Waals surface area contributed by atoms with Crippen molar-refractivity contribution >= 4 is 21.6 Å². The van der Waals surface area contributed by atoms with Gasteiger partial charge in [0.05, 0.1) is 4.90 Å². The van der Waals surface area contributed by atoms with Gasteiger partial charge in [-0.05, 0) is 36.2 Å². The number of benzene rings is 1. The second-order valence-electron chi connectivity index (χ2n) is 5.90. The summed E-state index contributed by atoms with van der Waals surface area (Å²) in [6.45, 7) is 2.47. The molecule has 1 amide bonds. The van der Waals surface area contributed by atoms with Gasteiger partial charge in [-0.1, -0.05) is 13.0 Å². The quantitative estimate of drug-likeness (QED) is 0.850. The van der Waals surface area contributed by atoms with Crippen LogP contribution in [0.25, 0.3) is 0 Å². The Labute approximate surface area is 141 Å². The van der Waals surface area contributed by atoms with E-state index in [1.165, 1.54) is 14.1 Å². The van der Waals surface area contributed by atoms with Crippen LogP contribution in [-0.2, 0) is 22.9 Å². The summed E-state index contributed by atoms with van der Waals surface area (Å²) < 4.78 is 31.4. The highest BCUT2D eigenvalue weighted by atomic mass is 32.2. The summed E-state index contributed by atoms with van der Waals surface area (Å²) in [7, 11) is -0.567. The minimum Gasteiger partial charge on any atom is -0.456 e. The van der Waals surface area contributed by atoms with Gasteiger partial charge in [0.2, 0.25) is 10.0 Å². The summed E-state index contributed by atoms with van der Waals surface area (Å²) in [4.78, 5) is 14.5. The molecule has 0 atom stereocenters. The molecule has 0 N–H and O–H groups in total. The zero-order valence-electron chi connectivity index (χ0n) is 13.9. The summed E-state index contributed by atoms with van der Waals surface area (Å²) in [6, 6.07) is 8.39. The molecule has 0 unspecified atom stereocenters. The maximum absolute atomic E-state index is 12.7. The van der Waals surface area contributed by atoms with Crippen LogP contribution in [0.3, 0.4) is 0 Å². The van der Waals surface area contributed by atoms with Crippen LogP contribution in [0.2, 0.25) is 0 Å². The summed E-state index contributed by atoms with van der Waals surface area (Å²) in [5.74, 6) is 0.787. The molecule has 7 heteroatoms. The number of carbonyl (C=O) groups is 1. The average Bonchev–Trinajstić information content (AvgIpc) is 3.20. The molecule has 0 aliphatic carbocycles.